The topological polar surface area (TPSA) is 54.0 Å². The second-order valence-electron chi connectivity index (χ2n) is 5.84. The van der Waals surface area contributed by atoms with Gasteiger partial charge in [-0.1, -0.05) is 25.8 Å². The molecule has 1 heterocycles. The van der Waals surface area contributed by atoms with Gasteiger partial charge in [0.25, 0.3) is 0 Å². The lowest BCUT2D eigenvalue weighted by Crippen LogP contribution is -2.43. The van der Waals surface area contributed by atoms with E-state index in [4.69, 9.17) is 0 Å². The Morgan fingerprint density at radius 2 is 2.05 bits per heavy atom. The van der Waals surface area contributed by atoms with E-state index in [-0.39, 0.29) is 12.1 Å². The number of rotatable bonds is 2. The van der Waals surface area contributed by atoms with Crippen molar-refractivity contribution in [2.24, 2.45) is 5.92 Å². The molecule has 2 aromatic rings. The number of fused-ring (bicyclic) bond motifs is 1. The monoisotopic (exact) mass is 283 g/mol. The fraction of sp³-hybridized carbons (Fsp3) is 0.412. The van der Waals surface area contributed by atoms with Crippen LogP contribution in [-0.4, -0.2) is 17.1 Å². The van der Waals surface area contributed by atoms with Gasteiger partial charge in [-0.3, -0.25) is 4.98 Å². The first-order chi connectivity index (χ1) is 10.2. The molecular weight excluding hydrogens is 262 g/mol. The molecule has 0 unspecified atom stereocenters. The lowest BCUT2D eigenvalue weighted by molar-refractivity contribution is 0.232. The average Bonchev–Trinajstić information content (AvgIpc) is 2.50. The lowest BCUT2D eigenvalue weighted by atomic mass is 9.86. The normalized spacial score (nSPS) is 22.0. The van der Waals surface area contributed by atoms with Crippen molar-refractivity contribution >= 4 is 22.6 Å². The van der Waals surface area contributed by atoms with Gasteiger partial charge in [-0.05, 0) is 43.0 Å². The molecule has 0 radical (unpaired) electrons. The molecule has 0 saturated heterocycles. The van der Waals surface area contributed by atoms with Crippen LogP contribution in [0.1, 0.15) is 32.6 Å². The Hall–Kier alpha value is -2.10. The average molecular weight is 283 g/mol. The molecule has 2 N–H and O–H groups in total. The standard InChI is InChI=1S/C17H21N3O/c1-12-6-2-3-8-14(12)19-17(21)20-16-10-4-9-15-13(16)7-5-11-18-15/h4-5,7,9-12,14H,2-3,6,8H2,1H3,(H2,19,20,21)/t12-,14+/m1/s1. The van der Waals surface area contributed by atoms with Crippen molar-refractivity contribution in [1.82, 2.24) is 10.3 Å². The Morgan fingerprint density at radius 3 is 2.90 bits per heavy atom. The molecule has 1 aliphatic carbocycles. The number of carbonyl (C=O) groups is 1. The first-order valence-electron chi connectivity index (χ1n) is 7.65. The van der Waals surface area contributed by atoms with Gasteiger partial charge in [-0.25, -0.2) is 4.79 Å². The van der Waals surface area contributed by atoms with Crippen LogP contribution in [0, 0.1) is 5.92 Å². The number of pyridine rings is 1. The van der Waals surface area contributed by atoms with Crippen molar-refractivity contribution in [1.29, 1.82) is 0 Å². The summed E-state index contributed by atoms with van der Waals surface area (Å²) in [5.41, 5.74) is 1.70. The van der Waals surface area contributed by atoms with Crippen molar-refractivity contribution in [2.45, 2.75) is 38.6 Å². The SMILES string of the molecule is C[C@@H]1CCCC[C@@H]1NC(=O)Nc1cccc2ncccc12. The van der Waals surface area contributed by atoms with Gasteiger partial charge >= 0.3 is 6.03 Å². The van der Waals surface area contributed by atoms with E-state index >= 15 is 0 Å². The van der Waals surface area contributed by atoms with Crippen LogP contribution in [0.25, 0.3) is 10.9 Å². The maximum absolute atomic E-state index is 12.2. The third kappa shape index (κ3) is 3.15. The second kappa shape index (κ2) is 6.12. The van der Waals surface area contributed by atoms with Crippen LogP contribution in [0.15, 0.2) is 36.5 Å². The molecule has 110 valence electrons. The molecule has 2 amide bonds. The highest BCUT2D eigenvalue weighted by Gasteiger charge is 2.22. The van der Waals surface area contributed by atoms with Crippen molar-refractivity contribution < 1.29 is 4.79 Å². The smallest absolute Gasteiger partial charge is 0.319 e. The fourth-order valence-corrected chi connectivity index (χ4v) is 3.07. The maximum atomic E-state index is 12.2. The van der Waals surface area contributed by atoms with Crippen molar-refractivity contribution in [3.05, 3.63) is 36.5 Å². The van der Waals surface area contributed by atoms with Crippen LogP contribution in [0.4, 0.5) is 10.5 Å². The summed E-state index contributed by atoms with van der Waals surface area (Å²) in [5, 5.41) is 7.04. The molecule has 2 atom stereocenters. The van der Waals surface area contributed by atoms with Crippen molar-refractivity contribution in [3.63, 3.8) is 0 Å². The molecule has 3 rings (SSSR count). The summed E-state index contributed by atoms with van der Waals surface area (Å²) in [6.07, 6.45) is 6.51. The highest BCUT2D eigenvalue weighted by molar-refractivity contribution is 6.00. The molecule has 1 aliphatic rings. The van der Waals surface area contributed by atoms with Crippen LogP contribution in [-0.2, 0) is 0 Å². The molecule has 0 spiro atoms. The number of hydrogen-bond donors (Lipinski definition) is 2. The predicted octanol–water partition coefficient (Wildman–Crippen LogP) is 3.94. The second-order valence-corrected chi connectivity index (χ2v) is 5.84. The van der Waals surface area contributed by atoms with E-state index in [1.165, 1.54) is 19.3 Å². The van der Waals surface area contributed by atoms with Crippen LogP contribution in [0.2, 0.25) is 0 Å². The van der Waals surface area contributed by atoms with Crippen LogP contribution >= 0.6 is 0 Å². The first kappa shape index (κ1) is 13.9. The summed E-state index contributed by atoms with van der Waals surface area (Å²) in [5.74, 6) is 0.554. The zero-order valence-electron chi connectivity index (χ0n) is 12.3. The van der Waals surface area contributed by atoms with Gasteiger partial charge in [-0.2, -0.15) is 0 Å². The van der Waals surface area contributed by atoms with Gasteiger partial charge in [0.1, 0.15) is 0 Å². The van der Waals surface area contributed by atoms with Gasteiger partial charge in [-0.15, -0.1) is 0 Å². The summed E-state index contributed by atoms with van der Waals surface area (Å²) in [4.78, 5) is 16.5. The van der Waals surface area contributed by atoms with Crippen molar-refractivity contribution in [2.75, 3.05) is 5.32 Å². The fourth-order valence-electron chi connectivity index (χ4n) is 3.07. The predicted molar refractivity (Wildman–Crippen MR) is 85.3 cm³/mol. The molecule has 4 heteroatoms. The van der Waals surface area contributed by atoms with Gasteiger partial charge < -0.3 is 10.6 Å². The molecule has 1 aromatic carbocycles. The number of carbonyl (C=O) groups excluding carboxylic acids is 1. The number of aromatic nitrogens is 1. The van der Waals surface area contributed by atoms with Gasteiger partial charge in [0.05, 0.1) is 11.2 Å². The van der Waals surface area contributed by atoms with Gasteiger partial charge in [0, 0.05) is 17.6 Å². The maximum Gasteiger partial charge on any atom is 0.319 e. The number of anilines is 1. The van der Waals surface area contributed by atoms with Crippen LogP contribution in [0.3, 0.4) is 0 Å². The highest BCUT2D eigenvalue weighted by Crippen LogP contribution is 2.24. The van der Waals surface area contributed by atoms with Gasteiger partial charge in [0.2, 0.25) is 0 Å². The Morgan fingerprint density at radius 1 is 1.19 bits per heavy atom. The van der Waals surface area contributed by atoms with Gasteiger partial charge in [0.15, 0.2) is 0 Å². The minimum Gasteiger partial charge on any atom is -0.335 e. The third-order valence-corrected chi connectivity index (χ3v) is 4.32. The summed E-state index contributed by atoms with van der Waals surface area (Å²) >= 11 is 0. The van der Waals surface area contributed by atoms with Crippen LogP contribution < -0.4 is 10.6 Å². The molecule has 0 bridgehead atoms. The molecule has 1 saturated carbocycles. The number of benzene rings is 1. The van der Waals surface area contributed by atoms with E-state index in [0.29, 0.717) is 5.92 Å². The zero-order valence-corrected chi connectivity index (χ0v) is 12.3. The molecule has 4 nitrogen and oxygen atoms in total. The molecule has 0 aliphatic heterocycles. The zero-order chi connectivity index (χ0) is 14.7. The minimum absolute atomic E-state index is 0.120. The van der Waals surface area contributed by atoms with Crippen molar-refractivity contribution in [3.8, 4) is 0 Å². The largest absolute Gasteiger partial charge is 0.335 e. The number of urea groups is 1. The van der Waals surface area contributed by atoms with E-state index < -0.39 is 0 Å². The van der Waals surface area contributed by atoms with Crippen LogP contribution in [0.5, 0.6) is 0 Å². The van der Waals surface area contributed by atoms with E-state index in [9.17, 15) is 4.79 Å². The Balaban J connectivity index is 1.71. The molecule has 1 fully saturated rings. The van der Waals surface area contributed by atoms with E-state index in [0.717, 1.165) is 23.0 Å². The third-order valence-electron chi connectivity index (χ3n) is 4.32. The van der Waals surface area contributed by atoms with E-state index in [2.05, 4.69) is 22.5 Å². The highest BCUT2D eigenvalue weighted by atomic mass is 16.2. The molecular formula is C17H21N3O. The van der Waals surface area contributed by atoms with E-state index in [1.54, 1.807) is 6.20 Å². The van der Waals surface area contributed by atoms with E-state index in [1.807, 2.05) is 30.3 Å². The lowest BCUT2D eigenvalue weighted by Gasteiger charge is -2.29. The molecule has 1 aromatic heterocycles. The summed E-state index contributed by atoms with van der Waals surface area (Å²) in [7, 11) is 0. The molecule has 21 heavy (non-hydrogen) atoms. The number of hydrogen-bond acceptors (Lipinski definition) is 2. The number of amides is 2. The summed E-state index contributed by atoms with van der Waals surface area (Å²) in [6, 6.07) is 9.79. The Kier molecular flexibility index (Phi) is 4.04. The summed E-state index contributed by atoms with van der Waals surface area (Å²) < 4.78 is 0. The number of nitrogens with one attached hydrogen (secondary N) is 2. The minimum atomic E-state index is -0.120. The summed E-state index contributed by atoms with van der Waals surface area (Å²) in [6.45, 7) is 2.21. The Bertz CT molecular complexity index is 635. The first-order valence-corrected chi connectivity index (χ1v) is 7.65. The Labute approximate surface area is 125 Å². The quantitative estimate of drug-likeness (QED) is 0.877. The number of nitrogens with zero attached hydrogens (tertiary/aromatic N) is 1.